The Morgan fingerprint density at radius 2 is 1.29 bits per heavy atom. The average Bonchev–Trinajstić information content (AvgIpc) is 3.11. The molecule has 2 nitrogen and oxygen atoms in total. The summed E-state index contributed by atoms with van der Waals surface area (Å²) in [4.78, 5) is 26.6. The second kappa shape index (κ2) is 2.73. The van der Waals surface area contributed by atoms with Gasteiger partial charge in [0, 0.05) is 22.7 Å². The van der Waals surface area contributed by atoms with Gasteiger partial charge in [0.05, 0.1) is 0 Å². The van der Waals surface area contributed by atoms with Gasteiger partial charge in [-0.2, -0.15) is 0 Å². The maximum atomic E-state index is 13.3. The molecule has 2 bridgehead atoms. The Hall–Kier alpha value is -1.18. The minimum absolute atomic E-state index is 0.0895. The molecule has 6 unspecified atom stereocenters. The van der Waals surface area contributed by atoms with Crippen molar-refractivity contribution in [2.24, 2.45) is 51.8 Å². The lowest BCUT2D eigenvalue weighted by Crippen LogP contribution is -2.67. The molecular weight excluding hydrogens is 260 g/mol. The van der Waals surface area contributed by atoms with Crippen molar-refractivity contribution in [2.45, 2.75) is 25.7 Å². The van der Waals surface area contributed by atoms with Gasteiger partial charge in [0.2, 0.25) is 0 Å². The Labute approximate surface area is 124 Å². The topological polar surface area (TPSA) is 34.1 Å². The molecule has 0 heterocycles. The summed E-state index contributed by atoms with van der Waals surface area (Å²) in [7, 11) is 0. The molecule has 6 rings (SSSR count). The van der Waals surface area contributed by atoms with Gasteiger partial charge in [0.1, 0.15) is 11.6 Å². The highest BCUT2D eigenvalue weighted by Crippen LogP contribution is 2.97. The van der Waals surface area contributed by atoms with Gasteiger partial charge in [0.25, 0.3) is 0 Å². The van der Waals surface area contributed by atoms with Crippen LogP contribution in [0, 0.1) is 51.8 Å². The lowest BCUT2D eigenvalue weighted by atomic mass is 9.37. The highest BCUT2D eigenvalue weighted by molar-refractivity contribution is 6.12. The molecule has 0 aliphatic heterocycles. The van der Waals surface area contributed by atoms with Gasteiger partial charge >= 0.3 is 0 Å². The maximum Gasteiger partial charge on any atom is 0.144 e. The SMILES string of the molecule is C=CCC12C(=O)[C@@H]3C4C1C1C([C@@H]3C(=O)C12CC=C)C41CC1. The maximum absolute atomic E-state index is 13.3. The van der Waals surface area contributed by atoms with E-state index in [0.29, 0.717) is 40.7 Å². The second-order valence-corrected chi connectivity index (χ2v) is 8.54. The van der Waals surface area contributed by atoms with Crippen LogP contribution in [0.4, 0.5) is 0 Å². The van der Waals surface area contributed by atoms with Gasteiger partial charge in [-0.3, -0.25) is 9.59 Å². The molecule has 0 amide bonds. The van der Waals surface area contributed by atoms with Crippen LogP contribution in [-0.4, -0.2) is 11.6 Å². The number of carbonyl (C=O) groups excluding carboxylic acids is 2. The lowest BCUT2D eigenvalue weighted by Gasteiger charge is -2.62. The first-order chi connectivity index (χ1) is 10.1. The molecule has 0 N–H and O–H groups in total. The van der Waals surface area contributed by atoms with E-state index >= 15 is 0 Å². The Kier molecular flexibility index (Phi) is 1.48. The van der Waals surface area contributed by atoms with Gasteiger partial charge in [0.15, 0.2) is 0 Å². The molecule has 6 saturated carbocycles. The molecule has 8 atom stereocenters. The summed E-state index contributed by atoms with van der Waals surface area (Å²) < 4.78 is 0. The predicted octanol–water partition coefficient (Wildman–Crippen LogP) is 2.80. The lowest BCUT2D eigenvalue weighted by molar-refractivity contribution is -0.189. The van der Waals surface area contributed by atoms with Crippen molar-refractivity contribution in [1.29, 1.82) is 0 Å². The standard InChI is InChI=1S/C19H20O2/c1-3-5-18-13-11-9(15(18)20)10-12(17(11)7-8-17)14(13)19(18,6-4-2)16(10)21/h3-4,9-14H,1-2,5-8H2/t9-,10+,11?,12?,13?,14?,18?,19?. The zero-order valence-electron chi connectivity index (χ0n) is 12.2. The predicted molar refractivity (Wildman–Crippen MR) is 77.1 cm³/mol. The summed E-state index contributed by atoms with van der Waals surface area (Å²) in [6, 6.07) is 0. The van der Waals surface area contributed by atoms with Crippen LogP contribution in [0.5, 0.6) is 0 Å². The Bertz CT molecular complexity index is 617. The van der Waals surface area contributed by atoms with Crippen LogP contribution in [0.15, 0.2) is 25.3 Å². The molecule has 0 radical (unpaired) electrons. The molecule has 2 heteroatoms. The third-order valence-electron chi connectivity index (χ3n) is 8.83. The van der Waals surface area contributed by atoms with E-state index in [4.69, 9.17) is 0 Å². The van der Waals surface area contributed by atoms with Crippen LogP contribution in [0.1, 0.15) is 25.7 Å². The molecule has 0 aromatic carbocycles. The van der Waals surface area contributed by atoms with Crippen LogP contribution in [0.3, 0.4) is 0 Å². The number of allylic oxidation sites excluding steroid dienone is 2. The smallest absolute Gasteiger partial charge is 0.144 e. The van der Waals surface area contributed by atoms with E-state index in [2.05, 4.69) is 13.2 Å². The van der Waals surface area contributed by atoms with Gasteiger partial charge in [-0.1, -0.05) is 12.2 Å². The van der Waals surface area contributed by atoms with Crippen molar-refractivity contribution < 1.29 is 9.59 Å². The number of fused-ring (bicyclic) bond motifs is 2. The van der Waals surface area contributed by atoms with Crippen molar-refractivity contribution in [1.82, 2.24) is 0 Å². The highest BCUT2D eigenvalue weighted by Gasteiger charge is 3.00. The first-order valence-corrected chi connectivity index (χ1v) is 8.44. The largest absolute Gasteiger partial charge is 0.299 e. The third kappa shape index (κ3) is 0.675. The quantitative estimate of drug-likeness (QED) is 0.742. The Morgan fingerprint density at radius 1 is 0.857 bits per heavy atom. The molecule has 21 heavy (non-hydrogen) atoms. The number of ketones is 2. The fraction of sp³-hybridized carbons (Fsp3) is 0.684. The minimum Gasteiger partial charge on any atom is -0.299 e. The van der Waals surface area contributed by atoms with Crippen LogP contribution < -0.4 is 0 Å². The fourth-order valence-electron chi connectivity index (χ4n) is 8.84. The van der Waals surface area contributed by atoms with E-state index in [0.717, 1.165) is 12.8 Å². The fourth-order valence-corrected chi connectivity index (χ4v) is 8.84. The van der Waals surface area contributed by atoms with E-state index in [-0.39, 0.29) is 22.7 Å². The van der Waals surface area contributed by atoms with Crippen molar-refractivity contribution in [2.75, 3.05) is 0 Å². The molecule has 1 spiro atoms. The van der Waals surface area contributed by atoms with Crippen molar-refractivity contribution in [3.8, 4) is 0 Å². The van der Waals surface area contributed by atoms with Crippen LogP contribution in [0.2, 0.25) is 0 Å². The summed E-state index contributed by atoms with van der Waals surface area (Å²) in [5.74, 6) is 3.19. The van der Waals surface area contributed by atoms with E-state index in [1.165, 1.54) is 12.8 Å². The molecule has 0 aromatic heterocycles. The second-order valence-electron chi connectivity index (χ2n) is 8.54. The van der Waals surface area contributed by atoms with Gasteiger partial charge in [-0.15, -0.1) is 13.2 Å². The number of rotatable bonds is 4. The van der Waals surface area contributed by atoms with E-state index in [1.54, 1.807) is 0 Å². The molecule has 0 saturated heterocycles. The monoisotopic (exact) mass is 280 g/mol. The normalized spacial score (nSPS) is 61.7. The van der Waals surface area contributed by atoms with Gasteiger partial charge in [-0.05, 0) is 54.8 Å². The minimum atomic E-state index is -0.378. The third-order valence-corrected chi connectivity index (χ3v) is 8.83. The molecule has 0 aromatic rings. The summed E-state index contributed by atoms with van der Waals surface area (Å²) in [5.41, 5.74) is -0.354. The number of hydrogen-bond acceptors (Lipinski definition) is 2. The molecule has 108 valence electrons. The van der Waals surface area contributed by atoms with Crippen LogP contribution in [-0.2, 0) is 9.59 Å². The Morgan fingerprint density at radius 3 is 1.62 bits per heavy atom. The highest BCUT2D eigenvalue weighted by atomic mass is 16.2. The van der Waals surface area contributed by atoms with Crippen molar-refractivity contribution in [3.63, 3.8) is 0 Å². The number of carbonyl (C=O) groups is 2. The van der Waals surface area contributed by atoms with E-state index in [9.17, 15) is 9.59 Å². The number of Topliss-reactive ketones (excluding diaryl/α,β-unsaturated/α-hetero) is 2. The van der Waals surface area contributed by atoms with E-state index < -0.39 is 0 Å². The average molecular weight is 280 g/mol. The van der Waals surface area contributed by atoms with Crippen LogP contribution in [0.25, 0.3) is 0 Å². The summed E-state index contributed by atoms with van der Waals surface area (Å²) in [6.45, 7) is 7.82. The molecular formula is C19H20O2. The summed E-state index contributed by atoms with van der Waals surface area (Å²) >= 11 is 0. The zero-order valence-corrected chi connectivity index (χ0v) is 12.2. The molecule has 6 aliphatic rings. The molecule has 6 fully saturated rings. The first kappa shape index (κ1) is 11.4. The van der Waals surface area contributed by atoms with Gasteiger partial charge < -0.3 is 0 Å². The van der Waals surface area contributed by atoms with E-state index in [1.807, 2.05) is 12.2 Å². The molecule has 6 aliphatic carbocycles. The summed E-state index contributed by atoms with van der Waals surface area (Å²) in [5, 5.41) is 0. The van der Waals surface area contributed by atoms with Gasteiger partial charge in [-0.25, -0.2) is 0 Å². The summed E-state index contributed by atoms with van der Waals surface area (Å²) in [6.07, 6.45) is 7.78. The van der Waals surface area contributed by atoms with Crippen molar-refractivity contribution in [3.05, 3.63) is 25.3 Å². The Balaban J connectivity index is 1.69. The zero-order chi connectivity index (χ0) is 14.4. The van der Waals surface area contributed by atoms with Crippen LogP contribution >= 0.6 is 0 Å². The van der Waals surface area contributed by atoms with Crippen molar-refractivity contribution >= 4 is 11.6 Å². The number of hydrogen-bond donors (Lipinski definition) is 0. The first-order valence-electron chi connectivity index (χ1n) is 8.44.